The highest BCUT2D eigenvalue weighted by atomic mass is 35.7. The fourth-order valence-corrected chi connectivity index (χ4v) is 0. The lowest BCUT2D eigenvalue weighted by molar-refractivity contribution is -0.109. The number of hydrogen-bond donors (Lipinski definition) is 0. The van der Waals surface area contributed by atoms with E-state index in [2.05, 4.69) is 10.7 Å². The van der Waals surface area contributed by atoms with E-state index >= 15 is 0 Å². The average molecular weight is 143 g/mol. The van der Waals surface area contributed by atoms with Crippen LogP contribution in [0.4, 0.5) is 0 Å². The summed E-state index contributed by atoms with van der Waals surface area (Å²) in [5.74, 6) is 0. The Labute approximate surface area is 45.7 Å². The maximum atomic E-state index is 9.75. The number of rotatable bonds is 0. The molecule has 42 valence electrons. The van der Waals surface area contributed by atoms with Crippen molar-refractivity contribution in [1.82, 2.24) is 0 Å². The minimum Gasteiger partial charge on any atom is -0.281 e. The minimum absolute atomic E-state index is 0.891. The van der Waals surface area contributed by atoms with Gasteiger partial charge >= 0.3 is 0 Å². The third-order valence-corrected chi connectivity index (χ3v) is 1.68. The molecule has 0 aliphatic rings. The van der Waals surface area contributed by atoms with Crippen molar-refractivity contribution >= 4 is 24.8 Å². The van der Waals surface area contributed by atoms with Crippen LogP contribution >= 0.6 is 10.7 Å². The molecule has 0 heterocycles. The summed E-state index contributed by atoms with van der Waals surface area (Å²) in [5.41, 5.74) is 0. The first kappa shape index (κ1) is 6.91. The molecule has 5 heteroatoms. The number of halogens is 1. The van der Waals surface area contributed by atoms with Crippen molar-refractivity contribution < 1.29 is 13.2 Å². The van der Waals surface area contributed by atoms with Gasteiger partial charge in [-0.15, -0.1) is 0 Å². The third kappa shape index (κ3) is 2.59. The monoisotopic (exact) mass is 142 g/mol. The van der Waals surface area contributed by atoms with Crippen LogP contribution in [-0.4, -0.2) is 13.5 Å². The molecule has 0 radical (unpaired) electrons. The Balaban J connectivity index is 4.43. The molecule has 0 fully saturated rings. The number of carbonyl (C=O) groups excluding carboxylic acids is 1. The van der Waals surface area contributed by atoms with Crippen molar-refractivity contribution in [3.63, 3.8) is 0 Å². The van der Waals surface area contributed by atoms with E-state index in [4.69, 9.17) is 0 Å². The summed E-state index contributed by atoms with van der Waals surface area (Å²) in [5, 5.41) is -1.02. The molecular formula is C2H3ClO3S. The van der Waals surface area contributed by atoms with Crippen molar-refractivity contribution in [3.05, 3.63) is 0 Å². The highest BCUT2D eigenvalue weighted by Gasteiger charge is 2.09. The normalized spacial score (nSPS) is 11.1. The lowest BCUT2D eigenvalue weighted by Crippen LogP contribution is -2.00. The Bertz CT molecular complexity index is 167. The molecule has 0 bridgehead atoms. The van der Waals surface area contributed by atoms with E-state index in [9.17, 15) is 13.2 Å². The molecule has 0 aromatic carbocycles. The molecule has 0 atom stereocenters. The van der Waals surface area contributed by atoms with Gasteiger partial charge in [0.1, 0.15) is 0 Å². The van der Waals surface area contributed by atoms with E-state index in [1.165, 1.54) is 0 Å². The van der Waals surface area contributed by atoms with Gasteiger partial charge in [-0.2, -0.15) is 0 Å². The van der Waals surface area contributed by atoms with Gasteiger partial charge in [0.25, 0.3) is 14.2 Å². The van der Waals surface area contributed by atoms with E-state index in [0.717, 1.165) is 6.92 Å². The second-order valence-electron chi connectivity index (χ2n) is 0.929. The predicted octanol–water partition coefficient (Wildman–Crippen LogP) is 0.102. The van der Waals surface area contributed by atoms with Gasteiger partial charge in [0.05, 0.1) is 0 Å². The van der Waals surface area contributed by atoms with Gasteiger partial charge in [-0.1, -0.05) is 0 Å². The van der Waals surface area contributed by atoms with Gasteiger partial charge in [0.2, 0.25) is 0 Å². The molecule has 7 heavy (non-hydrogen) atoms. The first-order chi connectivity index (χ1) is 2.94. The lowest BCUT2D eigenvalue weighted by Gasteiger charge is -1.77. The number of hydrogen-bond acceptors (Lipinski definition) is 3. The molecule has 0 aromatic heterocycles. The van der Waals surface area contributed by atoms with E-state index in [0.29, 0.717) is 0 Å². The Morgan fingerprint density at radius 3 is 1.71 bits per heavy atom. The molecule has 0 saturated heterocycles. The van der Waals surface area contributed by atoms with E-state index < -0.39 is 14.2 Å². The summed E-state index contributed by atoms with van der Waals surface area (Å²) >= 11 is 0. The van der Waals surface area contributed by atoms with Crippen LogP contribution in [0.3, 0.4) is 0 Å². The lowest BCUT2D eigenvalue weighted by atomic mass is 10.9. The van der Waals surface area contributed by atoms with E-state index in [-0.39, 0.29) is 0 Å². The Hall–Kier alpha value is -0.0900. The third-order valence-electron chi connectivity index (χ3n) is 0.343. The van der Waals surface area contributed by atoms with Crippen LogP contribution < -0.4 is 0 Å². The second kappa shape index (κ2) is 1.79. The highest BCUT2D eigenvalue weighted by molar-refractivity contribution is 8.25. The molecule has 0 N–H and O–H groups in total. The van der Waals surface area contributed by atoms with E-state index in [1.54, 1.807) is 0 Å². The smallest absolute Gasteiger partial charge is 0.281 e. The van der Waals surface area contributed by atoms with Crippen molar-refractivity contribution in [2.45, 2.75) is 6.92 Å². The zero-order valence-electron chi connectivity index (χ0n) is 3.51. The molecule has 0 aliphatic carbocycles. The zero-order valence-corrected chi connectivity index (χ0v) is 5.08. The molecule has 0 rings (SSSR count). The van der Waals surface area contributed by atoms with Crippen LogP contribution in [0.25, 0.3) is 0 Å². The Kier molecular flexibility index (Phi) is 1.77. The summed E-state index contributed by atoms with van der Waals surface area (Å²) in [6.45, 7) is 0.891. The largest absolute Gasteiger partial charge is 0.294 e. The molecule has 0 aliphatic heterocycles. The standard InChI is InChI=1S/C2H3ClO3S/c1-2(4)7(3,5)6/h1H3. The summed E-state index contributed by atoms with van der Waals surface area (Å²) in [6, 6.07) is 0. The molecule has 0 unspecified atom stereocenters. The molecule has 0 spiro atoms. The van der Waals surface area contributed by atoms with Crippen LogP contribution in [0.1, 0.15) is 6.92 Å². The van der Waals surface area contributed by atoms with Crippen LogP contribution in [-0.2, 0) is 13.8 Å². The maximum Gasteiger partial charge on any atom is 0.294 e. The van der Waals surface area contributed by atoms with Crippen molar-refractivity contribution in [2.75, 3.05) is 0 Å². The predicted molar refractivity (Wildman–Crippen MR) is 25.5 cm³/mol. The molecule has 0 aromatic rings. The Morgan fingerprint density at radius 2 is 1.71 bits per heavy atom. The van der Waals surface area contributed by atoms with Gasteiger partial charge in [-0.3, -0.25) is 4.79 Å². The zero-order chi connectivity index (χ0) is 6.08. The first-order valence-electron chi connectivity index (χ1n) is 1.40. The second-order valence-corrected chi connectivity index (χ2v) is 3.60. The van der Waals surface area contributed by atoms with Crippen LogP contribution in [0.15, 0.2) is 0 Å². The van der Waals surface area contributed by atoms with Gasteiger partial charge in [0, 0.05) is 17.6 Å². The first-order valence-corrected chi connectivity index (χ1v) is 3.71. The fraction of sp³-hybridized carbons (Fsp3) is 0.500. The Morgan fingerprint density at radius 1 is 1.57 bits per heavy atom. The van der Waals surface area contributed by atoms with Crippen molar-refractivity contribution in [1.29, 1.82) is 0 Å². The van der Waals surface area contributed by atoms with Crippen LogP contribution in [0, 0.1) is 0 Å². The summed E-state index contributed by atoms with van der Waals surface area (Å²) < 4.78 is 19.5. The average Bonchev–Trinajstić information content (AvgIpc) is 1.31. The quantitative estimate of drug-likeness (QED) is 0.451. The summed E-state index contributed by atoms with van der Waals surface area (Å²) in [4.78, 5) is 9.75. The maximum absolute atomic E-state index is 9.75. The molecule has 3 nitrogen and oxygen atoms in total. The van der Waals surface area contributed by atoms with Crippen LogP contribution in [0.2, 0.25) is 0 Å². The molecule has 0 amide bonds. The van der Waals surface area contributed by atoms with Crippen molar-refractivity contribution in [2.24, 2.45) is 0 Å². The van der Waals surface area contributed by atoms with Gasteiger partial charge < -0.3 is 0 Å². The van der Waals surface area contributed by atoms with Crippen LogP contribution in [0.5, 0.6) is 0 Å². The van der Waals surface area contributed by atoms with E-state index in [1.807, 2.05) is 0 Å². The van der Waals surface area contributed by atoms with Gasteiger partial charge in [0.15, 0.2) is 0 Å². The summed E-state index contributed by atoms with van der Waals surface area (Å²) in [6.07, 6.45) is 0. The highest BCUT2D eigenvalue weighted by Crippen LogP contribution is 1.94. The molecule has 0 saturated carbocycles. The fourth-order valence-electron chi connectivity index (χ4n) is 0. The summed E-state index contributed by atoms with van der Waals surface area (Å²) in [7, 11) is 0.583. The van der Waals surface area contributed by atoms with Gasteiger partial charge in [-0.05, 0) is 0 Å². The molecular weight excluding hydrogens is 140 g/mol. The SMILES string of the molecule is CC(=O)S(=O)(=O)Cl. The number of carbonyl (C=O) groups is 1. The topological polar surface area (TPSA) is 51.2 Å². The minimum atomic E-state index is -3.91. The van der Waals surface area contributed by atoms with Gasteiger partial charge in [-0.25, -0.2) is 8.42 Å². The van der Waals surface area contributed by atoms with Crippen molar-refractivity contribution in [3.8, 4) is 0 Å².